The van der Waals surface area contributed by atoms with Crippen LogP contribution in [-0.2, 0) is 10.2 Å². The van der Waals surface area contributed by atoms with Crippen molar-refractivity contribution in [3.63, 3.8) is 0 Å². The number of ether oxygens (including phenoxy) is 1. The zero-order valence-electron chi connectivity index (χ0n) is 14.6. The van der Waals surface area contributed by atoms with E-state index in [9.17, 15) is 4.79 Å². The molecule has 138 valence electrons. The van der Waals surface area contributed by atoms with E-state index in [2.05, 4.69) is 47.2 Å². The van der Waals surface area contributed by atoms with Gasteiger partial charge in [-0.3, -0.25) is 4.79 Å². The van der Waals surface area contributed by atoms with E-state index in [0.29, 0.717) is 21.4 Å². The van der Waals surface area contributed by atoms with Crippen LogP contribution in [0, 0.1) is 0 Å². The minimum Gasteiger partial charge on any atom is -0.483 e. The van der Waals surface area contributed by atoms with Crippen LogP contribution in [0.2, 0.25) is 10.0 Å². The Morgan fingerprint density at radius 1 is 1.27 bits per heavy atom. The van der Waals surface area contributed by atoms with Crippen LogP contribution in [0.25, 0.3) is 0 Å². The molecule has 0 aliphatic carbocycles. The van der Waals surface area contributed by atoms with Crippen LogP contribution in [0.1, 0.15) is 31.9 Å². The quantitative estimate of drug-likeness (QED) is 0.470. The Labute approximate surface area is 171 Å². The van der Waals surface area contributed by atoms with Gasteiger partial charge in [0, 0.05) is 5.56 Å². The van der Waals surface area contributed by atoms with E-state index < -0.39 is 0 Å². The molecule has 26 heavy (non-hydrogen) atoms. The lowest BCUT2D eigenvalue weighted by Crippen LogP contribution is -2.24. The maximum Gasteiger partial charge on any atom is 0.277 e. The van der Waals surface area contributed by atoms with E-state index in [1.165, 1.54) is 11.8 Å². The van der Waals surface area contributed by atoms with Crippen LogP contribution in [0.5, 0.6) is 5.75 Å². The van der Waals surface area contributed by atoms with E-state index in [1.54, 1.807) is 18.2 Å². The molecule has 4 nitrogen and oxygen atoms in total. The Hall–Kier alpha value is -1.56. The molecule has 0 spiro atoms. The van der Waals surface area contributed by atoms with E-state index in [1.807, 2.05) is 18.2 Å². The van der Waals surface area contributed by atoms with Crippen molar-refractivity contribution in [1.29, 1.82) is 0 Å². The van der Waals surface area contributed by atoms with Crippen molar-refractivity contribution in [3.8, 4) is 5.75 Å². The molecular weight excluding hydrogens is 439 g/mol. The number of nitrogens with zero attached hydrogens (tertiary/aromatic N) is 1. The number of hydrogen-bond acceptors (Lipinski definition) is 3. The number of hydrazone groups is 1. The third-order valence-electron chi connectivity index (χ3n) is 3.53. The SMILES string of the molecule is CC(C)(C)c1ccc(OCC(=O)N/N=C\c2cccc(Cl)c2Cl)c(Br)c1. The lowest BCUT2D eigenvalue weighted by Gasteiger charge is -2.20. The van der Waals surface area contributed by atoms with Gasteiger partial charge < -0.3 is 4.74 Å². The Morgan fingerprint density at radius 3 is 2.65 bits per heavy atom. The zero-order valence-corrected chi connectivity index (χ0v) is 17.7. The van der Waals surface area contributed by atoms with Crippen molar-refractivity contribution < 1.29 is 9.53 Å². The predicted octanol–water partition coefficient (Wildman–Crippen LogP) is 5.58. The van der Waals surface area contributed by atoms with E-state index >= 15 is 0 Å². The molecule has 0 saturated carbocycles. The summed E-state index contributed by atoms with van der Waals surface area (Å²) in [5, 5.41) is 4.67. The molecule has 1 N–H and O–H groups in total. The van der Waals surface area contributed by atoms with Crippen LogP contribution in [0.4, 0.5) is 0 Å². The summed E-state index contributed by atoms with van der Waals surface area (Å²) in [6, 6.07) is 11.0. The van der Waals surface area contributed by atoms with Gasteiger partial charge in [0.15, 0.2) is 6.61 Å². The molecular formula is C19H19BrCl2N2O2. The van der Waals surface area contributed by atoms with Crippen LogP contribution in [-0.4, -0.2) is 18.7 Å². The molecule has 2 aromatic carbocycles. The number of rotatable bonds is 5. The monoisotopic (exact) mass is 456 g/mol. The summed E-state index contributed by atoms with van der Waals surface area (Å²) in [6.45, 7) is 6.24. The first-order valence-electron chi connectivity index (χ1n) is 7.87. The largest absolute Gasteiger partial charge is 0.483 e. The molecule has 0 aliphatic heterocycles. The molecule has 2 aromatic rings. The normalized spacial score (nSPS) is 11.6. The average Bonchev–Trinajstić information content (AvgIpc) is 2.56. The van der Waals surface area contributed by atoms with Crippen molar-refractivity contribution in [2.45, 2.75) is 26.2 Å². The predicted molar refractivity (Wildman–Crippen MR) is 111 cm³/mol. The van der Waals surface area contributed by atoms with Crippen molar-refractivity contribution in [2.75, 3.05) is 6.61 Å². The smallest absolute Gasteiger partial charge is 0.277 e. The molecule has 1 amide bonds. The molecule has 0 bridgehead atoms. The second-order valence-corrected chi connectivity index (χ2v) is 8.26. The number of amides is 1. The molecule has 2 rings (SSSR count). The zero-order chi connectivity index (χ0) is 19.3. The minimum absolute atomic E-state index is 0.0365. The van der Waals surface area contributed by atoms with Gasteiger partial charge in [0.25, 0.3) is 5.91 Å². The Kier molecular flexibility index (Phi) is 7.09. The fourth-order valence-electron chi connectivity index (χ4n) is 2.05. The lowest BCUT2D eigenvalue weighted by molar-refractivity contribution is -0.123. The van der Waals surface area contributed by atoms with Gasteiger partial charge >= 0.3 is 0 Å². The molecule has 7 heteroatoms. The number of benzene rings is 2. The standard InChI is InChI=1S/C19H19BrCl2N2O2/c1-19(2,3)13-7-8-16(14(20)9-13)26-11-17(25)24-23-10-12-5-4-6-15(21)18(12)22/h4-10H,11H2,1-3H3,(H,24,25)/b23-10-. The van der Waals surface area contributed by atoms with Gasteiger partial charge in [-0.25, -0.2) is 5.43 Å². The number of nitrogens with one attached hydrogen (secondary N) is 1. The van der Waals surface area contributed by atoms with Gasteiger partial charge in [0.05, 0.1) is 20.7 Å². The van der Waals surface area contributed by atoms with E-state index in [-0.39, 0.29) is 17.9 Å². The molecule has 0 heterocycles. The van der Waals surface area contributed by atoms with Gasteiger partial charge in [0.1, 0.15) is 5.75 Å². The lowest BCUT2D eigenvalue weighted by atomic mass is 9.87. The summed E-state index contributed by atoms with van der Waals surface area (Å²) < 4.78 is 6.33. The molecule has 0 radical (unpaired) electrons. The molecule has 0 aromatic heterocycles. The maximum absolute atomic E-state index is 11.9. The van der Waals surface area contributed by atoms with Gasteiger partial charge in [-0.1, -0.05) is 62.2 Å². The molecule has 0 fully saturated rings. The highest BCUT2D eigenvalue weighted by Gasteiger charge is 2.15. The topological polar surface area (TPSA) is 50.7 Å². The number of halogens is 3. The molecule has 0 aliphatic rings. The first kappa shape index (κ1) is 20.7. The van der Waals surface area contributed by atoms with Crippen LogP contribution in [0.15, 0.2) is 46.0 Å². The van der Waals surface area contributed by atoms with Crippen molar-refractivity contribution in [1.82, 2.24) is 5.43 Å². The Morgan fingerprint density at radius 2 is 2.00 bits per heavy atom. The number of hydrogen-bond donors (Lipinski definition) is 1. The highest BCUT2D eigenvalue weighted by molar-refractivity contribution is 9.10. The third kappa shape index (κ3) is 5.73. The van der Waals surface area contributed by atoms with Crippen LogP contribution in [0.3, 0.4) is 0 Å². The minimum atomic E-state index is -0.383. The number of carbonyl (C=O) groups is 1. The van der Waals surface area contributed by atoms with Gasteiger partial charge in [-0.2, -0.15) is 5.10 Å². The van der Waals surface area contributed by atoms with E-state index in [4.69, 9.17) is 27.9 Å². The summed E-state index contributed by atoms with van der Waals surface area (Å²) in [4.78, 5) is 11.9. The molecule has 0 atom stereocenters. The first-order chi connectivity index (χ1) is 12.2. The van der Waals surface area contributed by atoms with Gasteiger partial charge in [-0.05, 0) is 45.1 Å². The van der Waals surface area contributed by atoms with Crippen LogP contribution >= 0.6 is 39.1 Å². The first-order valence-corrected chi connectivity index (χ1v) is 9.42. The van der Waals surface area contributed by atoms with Crippen molar-refractivity contribution in [3.05, 3.63) is 62.0 Å². The third-order valence-corrected chi connectivity index (χ3v) is 4.98. The highest BCUT2D eigenvalue weighted by atomic mass is 79.9. The van der Waals surface area contributed by atoms with Gasteiger partial charge in [-0.15, -0.1) is 0 Å². The second kappa shape index (κ2) is 8.89. The van der Waals surface area contributed by atoms with Gasteiger partial charge in [0.2, 0.25) is 0 Å². The number of carbonyl (C=O) groups excluding carboxylic acids is 1. The fourth-order valence-corrected chi connectivity index (χ4v) is 2.90. The van der Waals surface area contributed by atoms with Crippen molar-refractivity contribution >= 4 is 51.3 Å². The summed E-state index contributed by atoms with van der Waals surface area (Å²) >= 11 is 15.4. The van der Waals surface area contributed by atoms with Crippen molar-refractivity contribution in [2.24, 2.45) is 5.10 Å². The summed E-state index contributed by atoms with van der Waals surface area (Å²) in [5.74, 6) is 0.209. The summed E-state index contributed by atoms with van der Waals surface area (Å²) in [5.41, 5.74) is 4.21. The highest BCUT2D eigenvalue weighted by Crippen LogP contribution is 2.31. The van der Waals surface area contributed by atoms with E-state index in [0.717, 1.165) is 4.47 Å². The second-order valence-electron chi connectivity index (χ2n) is 6.62. The molecule has 0 unspecified atom stereocenters. The maximum atomic E-state index is 11.9. The molecule has 0 saturated heterocycles. The summed E-state index contributed by atoms with van der Waals surface area (Å²) in [7, 11) is 0. The van der Waals surface area contributed by atoms with Crippen LogP contribution < -0.4 is 10.2 Å². The Bertz CT molecular complexity index is 833. The Balaban J connectivity index is 1.91. The average molecular weight is 458 g/mol. The summed E-state index contributed by atoms with van der Waals surface area (Å²) in [6.07, 6.45) is 1.43. The fraction of sp³-hybridized carbons (Fsp3) is 0.263.